The number of hydrogen-bond donors (Lipinski definition) is 1. The molecule has 0 fully saturated rings. The van der Waals surface area contributed by atoms with Crippen molar-refractivity contribution in [2.24, 2.45) is 0 Å². The Morgan fingerprint density at radius 1 is 1.32 bits per heavy atom. The Hall–Kier alpha value is -1.26. The van der Waals surface area contributed by atoms with Gasteiger partial charge in [-0.1, -0.05) is 6.07 Å². The minimum atomic E-state index is -0.911. The van der Waals surface area contributed by atoms with Crippen molar-refractivity contribution in [2.45, 2.75) is 24.9 Å². The van der Waals surface area contributed by atoms with Crippen LogP contribution in [0.5, 0.6) is 0 Å². The molecule has 1 heterocycles. The Balaban J connectivity index is 1.94. The number of halogens is 2. The van der Waals surface area contributed by atoms with Gasteiger partial charge >= 0.3 is 0 Å². The lowest BCUT2D eigenvalue weighted by atomic mass is 9.89. The lowest BCUT2D eigenvalue weighted by Crippen LogP contribution is -2.25. The number of pyridine rings is 1. The van der Waals surface area contributed by atoms with Crippen molar-refractivity contribution in [2.75, 3.05) is 0 Å². The largest absolute Gasteiger partial charge is 0.385 e. The van der Waals surface area contributed by atoms with E-state index in [2.05, 4.69) is 20.9 Å². The summed E-state index contributed by atoms with van der Waals surface area (Å²) in [6, 6.07) is 6.58. The molecular formula is C15H13BrFNO. The van der Waals surface area contributed by atoms with Crippen LogP contribution in [0, 0.1) is 5.82 Å². The van der Waals surface area contributed by atoms with E-state index in [0.717, 1.165) is 21.2 Å². The number of rotatable bonds is 2. The molecule has 0 radical (unpaired) electrons. The first kappa shape index (κ1) is 12.8. The topological polar surface area (TPSA) is 33.1 Å². The highest BCUT2D eigenvalue weighted by Gasteiger charge is 2.36. The van der Waals surface area contributed by atoms with E-state index in [-0.39, 0.29) is 5.82 Å². The Morgan fingerprint density at radius 3 is 2.95 bits per heavy atom. The van der Waals surface area contributed by atoms with E-state index in [1.165, 1.54) is 12.1 Å². The van der Waals surface area contributed by atoms with Crippen LogP contribution in [-0.2, 0) is 18.4 Å². The average molecular weight is 322 g/mol. The molecule has 19 heavy (non-hydrogen) atoms. The van der Waals surface area contributed by atoms with Gasteiger partial charge in [-0.05, 0) is 63.7 Å². The minimum Gasteiger partial charge on any atom is -0.385 e. The van der Waals surface area contributed by atoms with E-state index in [1.807, 2.05) is 6.07 Å². The first-order valence-corrected chi connectivity index (χ1v) is 6.97. The van der Waals surface area contributed by atoms with Gasteiger partial charge in [0, 0.05) is 23.3 Å². The van der Waals surface area contributed by atoms with Crippen molar-refractivity contribution in [1.29, 1.82) is 0 Å². The summed E-state index contributed by atoms with van der Waals surface area (Å²) < 4.78 is 14.1. The summed E-state index contributed by atoms with van der Waals surface area (Å²) in [6.45, 7) is 0. The molecule has 2 aromatic rings. The van der Waals surface area contributed by atoms with Crippen molar-refractivity contribution in [3.8, 4) is 0 Å². The van der Waals surface area contributed by atoms with Gasteiger partial charge in [0.25, 0.3) is 0 Å². The van der Waals surface area contributed by atoms with E-state index >= 15 is 0 Å². The fourth-order valence-electron chi connectivity index (χ4n) is 2.77. The number of benzene rings is 1. The van der Waals surface area contributed by atoms with Crippen molar-refractivity contribution in [1.82, 2.24) is 4.98 Å². The number of aromatic nitrogens is 1. The van der Waals surface area contributed by atoms with Gasteiger partial charge in [0.15, 0.2) is 0 Å². The number of hydrogen-bond acceptors (Lipinski definition) is 2. The molecule has 0 aliphatic heterocycles. The summed E-state index contributed by atoms with van der Waals surface area (Å²) in [5, 5.41) is 10.8. The number of fused-ring (bicyclic) bond motifs is 1. The summed E-state index contributed by atoms with van der Waals surface area (Å²) in [5.41, 5.74) is 1.80. The molecule has 1 aromatic carbocycles. The zero-order chi connectivity index (χ0) is 13.5. The highest BCUT2D eigenvalue weighted by atomic mass is 79.9. The van der Waals surface area contributed by atoms with Crippen LogP contribution in [0.1, 0.15) is 23.1 Å². The summed E-state index contributed by atoms with van der Waals surface area (Å²) >= 11 is 3.38. The minimum absolute atomic E-state index is 0.243. The molecule has 4 heteroatoms. The predicted molar refractivity (Wildman–Crippen MR) is 74.3 cm³/mol. The second kappa shape index (κ2) is 4.69. The number of nitrogens with zero attached hydrogens (tertiary/aromatic N) is 1. The quantitative estimate of drug-likeness (QED) is 0.920. The molecule has 0 bridgehead atoms. The monoisotopic (exact) mass is 321 g/mol. The van der Waals surface area contributed by atoms with Crippen molar-refractivity contribution in [3.63, 3.8) is 0 Å². The molecule has 0 spiro atoms. The normalized spacial score (nSPS) is 21.4. The number of aryl methyl sites for hydroxylation is 1. The molecule has 0 saturated carbocycles. The Kier molecular flexibility index (Phi) is 3.15. The van der Waals surface area contributed by atoms with Crippen LogP contribution in [0.3, 0.4) is 0 Å². The fraction of sp³-hybridized carbons (Fsp3) is 0.267. The van der Waals surface area contributed by atoms with Crippen LogP contribution in [0.4, 0.5) is 4.39 Å². The van der Waals surface area contributed by atoms with Gasteiger partial charge in [0.05, 0.1) is 5.60 Å². The maximum atomic E-state index is 13.2. The Labute approximate surface area is 119 Å². The Bertz CT molecular complexity index is 631. The van der Waals surface area contributed by atoms with Gasteiger partial charge in [-0.3, -0.25) is 4.98 Å². The van der Waals surface area contributed by atoms with Crippen LogP contribution in [-0.4, -0.2) is 10.1 Å². The molecule has 1 atom stereocenters. The van der Waals surface area contributed by atoms with E-state index in [1.54, 1.807) is 18.5 Å². The third-order valence-electron chi connectivity index (χ3n) is 3.63. The molecule has 1 N–H and O–H groups in total. The molecular weight excluding hydrogens is 309 g/mol. The third kappa shape index (κ3) is 2.42. The lowest BCUT2D eigenvalue weighted by molar-refractivity contribution is 0.0388. The number of aliphatic hydroxyl groups is 1. The van der Waals surface area contributed by atoms with E-state index in [9.17, 15) is 9.50 Å². The smallest absolute Gasteiger partial charge is 0.123 e. The van der Waals surface area contributed by atoms with Crippen molar-refractivity contribution in [3.05, 3.63) is 63.6 Å². The summed E-state index contributed by atoms with van der Waals surface area (Å²) in [5.74, 6) is -0.243. The molecule has 0 saturated heterocycles. The maximum absolute atomic E-state index is 13.2. The predicted octanol–water partition coefficient (Wildman–Crippen LogP) is 3.36. The van der Waals surface area contributed by atoms with Gasteiger partial charge in [0.1, 0.15) is 5.82 Å². The summed E-state index contributed by atoms with van der Waals surface area (Å²) in [4.78, 5) is 4.11. The second-order valence-electron chi connectivity index (χ2n) is 5.02. The van der Waals surface area contributed by atoms with E-state index in [0.29, 0.717) is 19.3 Å². The molecule has 2 nitrogen and oxygen atoms in total. The molecule has 3 rings (SSSR count). The van der Waals surface area contributed by atoms with Gasteiger partial charge in [-0.15, -0.1) is 0 Å². The van der Waals surface area contributed by atoms with Gasteiger partial charge in [-0.2, -0.15) is 0 Å². The first-order valence-electron chi connectivity index (χ1n) is 6.17. The molecule has 0 amide bonds. The van der Waals surface area contributed by atoms with E-state index < -0.39 is 5.60 Å². The van der Waals surface area contributed by atoms with Gasteiger partial charge in [0.2, 0.25) is 0 Å². The zero-order valence-electron chi connectivity index (χ0n) is 10.2. The first-order chi connectivity index (χ1) is 9.07. The van der Waals surface area contributed by atoms with E-state index in [4.69, 9.17) is 0 Å². The third-order valence-corrected chi connectivity index (χ3v) is 4.07. The SMILES string of the molecule is OC1(Cc2cncc(Br)c2)CCc2cc(F)ccc21. The lowest BCUT2D eigenvalue weighted by Gasteiger charge is -2.24. The van der Waals surface area contributed by atoms with Crippen molar-refractivity contribution >= 4 is 15.9 Å². The Morgan fingerprint density at radius 2 is 2.16 bits per heavy atom. The fourth-order valence-corrected chi connectivity index (χ4v) is 3.19. The van der Waals surface area contributed by atoms with Gasteiger partial charge in [-0.25, -0.2) is 4.39 Å². The molecule has 1 unspecified atom stereocenters. The molecule has 98 valence electrons. The standard InChI is InChI=1S/C15H13BrFNO/c16-12-5-10(8-18-9-12)7-15(19)4-3-11-6-13(17)1-2-14(11)15/h1-2,5-6,8-9,19H,3-4,7H2. The zero-order valence-corrected chi connectivity index (χ0v) is 11.8. The molecule has 1 aliphatic rings. The highest BCUT2D eigenvalue weighted by molar-refractivity contribution is 9.10. The molecule has 1 aliphatic carbocycles. The molecule has 1 aromatic heterocycles. The van der Waals surface area contributed by atoms with Crippen molar-refractivity contribution < 1.29 is 9.50 Å². The van der Waals surface area contributed by atoms with Crippen LogP contribution in [0.25, 0.3) is 0 Å². The van der Waals surface area contributed by atoms with Crippen LogP contribution < -0.4 is 0 Å². The van der Waals surface area contributed by atoms with Crippen LogP contribution in [0.15, 0.2) is 41.1 Å². The van der Waals surface area contributed by atoms with Crippen LogP contribution in [0.2, 0.25) is 0 Å². The van der Waals surface area contributed by atoms with Gasteiger partial charge < -0.3 is 5.11 Å². The summed E-state index contributed by atoms with van der Waals surface area (Å²) in [6.07, 6.45) is 5.30. The highest BCUT2D eigenvalue weighted by Crippen LogP contribution is 2.39. The second-order valence-corrected chi connectivity index (χ2v) is 5.94. The average Bonchev–Trinajstić information content (AvgIpc) is 2.66. The van der Waals surface area contributed by atoms with Crippen LogP contribution >= 0.6 is 15.9 Å². The maximum Gasteiger partial charge on any atom is 0.123 e. The summed E-state index contributed by atoms with van der Waals surface area (Å²) in [7, 11) is 0.